The van der Waals surface area contributed by atoms with Gasteiger partial charge >= 0.3 is 11.9 Å². The Bertz CT molecular complexity index is 2080. The Morgan fingerprint density at radius 1 is 0.957 bits per heavy atom. The van der Waals surface area contributed by atoms with E-state index in [1.165, 1.54) is 24.0 Å². The number of methoxy groups -OCH3 is 1. The van der Waals surface area contributed by atoms with Crippen LogP contribution in [0.25, 0.3) is 11.8 Å². The number of aryl methyl sites for hydroxylation is 3. The molecule has 0 unspecified atom stereocenters. The van der Waals surface area contributed by atoms with Gasteiger partial charge in [0, 0.05) is 17.1 Å². The second-order valence-electron chi connectivity index (χ2n) is 11.3. The molecule has 0 radical (unpaired) electrons. The lowest BCUT2D eigenvalue weighted by Gasteiger charge is -2.25. The number of benzene rings is 2. The zero-order valence-electron chi connectivity index (χ0n) is 27.9. The highest BCUT2D eigenvalue weighted by molar-refractivity contribution is 7.07. The zero-order valence-corrected chi connectivity index (χ0v) is 28.7. The molecule has 5 rings (SSSR count). The first-order valence-electron chi connectivity index (χ1n) is 15.4. The van der Waals surface area contributed by atoms with Crippen LogP contribution in [0.3, 0.4) is 0 Å². The summed E-state index contributed by atoms with van der Waals surface area (Å²) in [6.07, 6.45) is 1.89. The summed E-state index contributed by atoms with van der Waals surface area (Å²) in [6.45, 7) is 13.7. The quantitative estimate of drug-likeness (QED) is 0.226. The molecule has 0 aliphatic carbocycles. The van der Waals surface area contributed by atoms with Gasteiger partial charge in [0.1, 0.15) is 0 Å². The van der Waals surface area contributed by atoms with E-state index in [1.54, 1.807) is 36.6 Å². The lowest BCUT2D eigenvalue weighted by atomic mass is 9.95. The van der Waals surface area contributed by atoms with Gasteiger partial charge in [-0.1, -0.05) is 35.1 Å². The van der Waals surface area contributed by atoms with Gasteiger partial charge < -0.3 is 23.5 Å². The number of ether oxygens (including phenoxy) is 4. The normalized spacial score (nSPS) is 14.5. The highest BCUT2D eigenvalue weighted by Crippen LogP contribution is 2.36. The van der Waals surface area contributed by atoms with Crippen LogP contribution in [-0.4, -0.2) is 48.0 Å². The van der Waals surface area contributed by atoms with Gasteiger partial charge in [-0.3, -0.25) is 9.36 Å². The number of rotatable bonds is 10. The lowest BCUT2D eigenvalue weighted by Crippen LogP contribution is -2.40. The standard InChI is InChI=1S/C36H39N3O7S/c1-9-44-29-17-25(12-14-28(29)46-19-31(40)43-8)33-32(35(42)45-10-2)23(6)37-36-39(33)34(41)30(47-36)18-26-16-22(5)38(24(26)7)27-13-11-20(3)15-21(27)4/h11-18,33H,9-10,19H2,1-8H3/b30-18-/t33-/m1/s1. The van der Waals surface area contributed by atoms with Crippen molar-refractivity contribution in [3.05, 3.63) is 107 Å². The number of allylic oxidation sites excluding steroid dienone is 1. The van der Waals surface area contributed by atoms with Crippen LogP contribution < -0.4 is 24.4 Å². The second kappa shape index (κ2) is 13.8. The first-order chi connectivity index (χ1) is 22.5. The number of carbonyl (C=O) groups is 2. The number of hydrogen-bond acceptors (Lipinski definition) is 9. The van der Waals surface area contributed by atoms with Crippen molar-refractivity contribution < 1.29 is 28.5 Å². The van der Waals surface area contributed by atoms with E-state index in [2.05, 4.69) is 49.6 Å². The van der Waals surface area contributed by atoms with Crippen molar-refractivity contribution in [1.82, 2.24) is 9.13 Å². The van der Waals surface area contributed by atoms with E-state index in [9.17, 15) is 14.4 Å². The van der Waals surface area contributed by atoms with Crippen molar-refractivity contribution in [3.8, 4) is 17.2 Å². The molecule has 0 bridgehead atoms. The number of aromatic nitrogens is 2. The van der Waals surface area contributed by atoms with Crippen molar-refractivity contribution in [2.24, 2.45) is 4.99 Å². The Morgan fingerprint density at radius 2 is 1.72 bits per heavy atom. The van der Waals surface area contributed by atoms with Crippen molar-refractivity contribution in [3.63, 3.8) is 0 Å². The Balaban J connectivity index is 1.67. The Morgan fingerprint density at radius 3 is 2.40 bits per heavy atom. The molecular formula is C36H39N3O7S. The topological polar surface area (TPSA) is 110 Å². The van der Waals surface area contributed by atoms with Crippen molar-refractivity contribution in [2.75, 3.05) is 26.9 Å². The lowest BCUT2D eigenvalue weighted by molar-refractivity contribution is -0.143. The van der Waals surface area contributed by atoms with Crippen molar-refractivity contribution in [2.45, 2.75) is 54.5 Å². The van der Waals surface area contributed by atoms with Gasteiger partial charge in [-0.05, 0) is 95.5 Å². The number of thiazole rings is 1. The van der Waals surface area contributed by atoms with E-state index >= 15 is 0 Å². The average Bonchev–Trinajstić information content (AvgIpc) is 3.49. The molecule has 0 amide bonds. The average molecular weight is 658 g/mol. The van der Waals surface area contributed by atoms with Crippen LogP contribution >= 0.6 is 11.3 Å². The minimum atomic E-state index is -0.844. The van der Waals surface area contributed by atoms with Crippen LogP contribution in [0.5, 0.6) is 11.5 Å². The fraction of sp³-hybridized carbons (Fsp3) is 0.333. The van der Waals surface area contributed by atoms with Gasteiger partial charge in [0.2, 0.25) is 0 Å². The molecular weight excluding hydrogens is 618 g/mol. The third kappa shape index (κ3) is 6.53. The van der Waals surface area contributed by atoms with Crippen LogP contribution in [0.2, 0.25) is 0 Å². The maximum absolute atomic E-state index is 14.3. The first kappa shape index (κ1) is 33.5. The van der Waals surface area contributed by atoms with Crippen LogP contribution in [0.15, 0.2) is 63.5 Å². The number of nitrogens with zero attached hydrogens (tertiary/aromatic N) is 3. The van der Waals surface area contributed by atoms with Gasteiger partial charge in [-0.15, -0.1) is 0 Å². The Kier molecular flexibility index (Phi) is 9.85. The molecule has 10 nitrogen and oxygen atoms in total. The summed E-state index contributed by atoms with van der Waals surface area (Å²) in [5, 5.41) is 0. The highest BCUT2D eigenvalue weighted by Gasteiger charge is 2.34. The molecule has 0 spiro atoms. The van der Waals surface area contributed by atoms with Gasteiger partial charge in [-0.2, -0.15) is 0 Å². The highest BCUT2D eigenvalue weighted by atomic mass is 32.1. The van der Waals surface area contributed by atoms with Crippen molar-refractivity contribution in [1.29, 1.82) is 0 Å². The predicted octanol–water partition coefficient (Wildman–Crippen LogP) is 4.77. The third-order valence-electron chi connectivity index (χ3n) is 8.02. The maximum Gasteiger partial charge on any atom is 0.343 e. The molecule has 246 valence electrons. The zero-order chi connectivity index (χ0) is 34.0. The molecule has 1 aliphatic rings. The Hall–Kier alpha value is -4.90. The summed E-state index contributed by atoms with van der Waals surface area (Å²) >= 11 is 1.27. The minimum absolute atomic E-state index is 0.160. The molecule has 0 N–H and O–H groups in total. The number of carbonyl (C=O) groups excluding carboxylic acids is 2. The molecule has 0 saturated carbocycles. The van der Waals surface area contributed by atoms with E-state index < -0.39 is 18.0 Å². The van der Waals surface area contributed by atoms with Gasteiger partial charge in [-0.25, -0.2) is 14.6 Å². The van der Waals surface area contributed by atoms with Crippen LogP contribution in [0.1, 0.15) is 60.5 Å². The monoisotopic (exact) mass is 657 g/mol. The largest absolute Gasteiger partial charge is 0.490 e. The summed E-state index contributed by atoms with van der Waals surface area (Å²) in [5.41, 5.74) is 7.43. The smallest absolute Gasteiger partial charge is 0.343 e. The van der Waals surface area contributed by atoms with E-state index in [0.717, 1.165) is 28.2 Å². The number of hydrogen-bond donors (Lipinski definition) is 0. The molecule has 2 aromatic heterocycles. The Labute approximate surface area is 277 Å². The van der Waals surface area contributed by atoms with Gasteiger partial charge in [0.25, 0.3) is 5.56 Å². The van der Waals surface area contributed by atoms with Crippen LogP contribution in [-0.2, 0) is 19.1 Å². The molecule has 4 aromatic rings. The van der Waals surface area contributed by atoms with Gasteiger partial charge in [0.15, 0.2) is 22.9 Å². The molecule has 11 heteroatoms. The maximum atomic E-state index is 14.3. The molecule has 0 saturated heterocycles. The van der Waals surface area contributed by atoms with E-state index in [-0.39, 0.29) is 24.3 Å². The number of esters is 2. The second-order valence-corrected chi connectivity index (χ2v) is 12.3. The van der Waals surface area contributed by atoms with E-state index in [1.807, 2.05) is 19.9 Å². The van der Waals surface area contributed by atoms with Gasteiger partial charge in [0.05, 0.1) is 42.2 Å². The molecule has 1 atom stereocenters. The van der Waals surface area contributed by atoms with Crippen LogP contribution in [0, 0.1) is 27.7 Å². The summed E-state index contributed by atoms with van der Waals surface area (Å²) in [6, 6.07) is 12.7. The predicted molar refractivity (Wildman–Crippen MR) is 180 cm³/mol. The molecule has 3 heterocycles. The SMILES string of the molecule is CCOC(=O)C1=C(C)N=c2s/c(=C\c3cc(C)n(-c4ccc(C)cc4C)c3C)c(=O)n2[C@@H]1c1ccc(OCC(=O)OC)c(OCC)c1. The molecule has 2 aromatic carbocycles. The fourth-order valence-corrected chi connectivity index (χ4v) is 6.92. The minimum Gasteiger partial charge on any atom is -0.490 e. The summed E-state index contributed by atoms with van der Waals surface area (Å²) in [5.74, 6) is -0.422. The first-order valence-corrected chi connectivity index (χ1v) is 16.2. The molecule has 0 fully saturated rings. The third-order valence-corrected chi connectivity index (χ3v) is 9.01. The van der Waals surface area contributed by atoms with E-state index in [0.29, 0.717) is 38.7 Å². The number of fused-ring (bicyclic) bond motifs is 1. The summed E-state index contributed by atoms with van der Waals surface area (Å²) in [4.78, 5) is 44.6. The molecule has 47 heavy (non-hydrogen) atoms. The summed E-state index contributed by atoms with van der Waals surface area (Å²) in [7, 11) is 1.28. The fourth-order valence-electron chi connectivity index (χ4n) is 5.89. The van der Waals surface area contributed by atoms with E-state index in [4.69, 9.17) is 23.9 Å². The van der Waals surface area contributed by atoms with Crippen LogP contribution in [0.4, 0.5) is 0 Å². The molecule has 1 aliphatic heterocycles. The van der Waals surface area contributed by atoms with Crippen molar-refractivity contribution >= 4 is 29.4 Å². The summed E-state index contributed by atoms with van der Waals surface area (Å²) < 4.78 is 25.9.